The molecule has 0 aromatic heterocycles. The van der Waals surface area contributed by atoms with E-state index in [1.165, 1.54) is 12.8 Å². The number of nitrogens with zero attached hydrogens (tertiary/aromatic N) is 1. The van der Waals surface area contributed by atoms with Crippen LogP contribution in [-0.2, 0) is 4.74 Å². The molecule has 0 bridgehead atoms. The van der Waals surface area contributed by atoms with Crippen LogP contribution in [0.1, 0.15) is 19.8 Å². The molecule has 0 spiro atoms. The lowest BCUT2D eigenvalue weighted by Crippen LogP contribution is -2.49. The predicted octanol–water partition coefficient (Wildman–Crippen LogP) is 0.317. The van der Waals surface area contributed by atoms with Gasteiger partial charge in [-0.3, -0.25) is 5.43 Å². The molecule has 0 radical (unpaired) electrons. The second-order valence-electron chi connectivity index (χ2n) is 3.71. The maximum absolute atomic E-state index is 11.4. The summed E-state index contributed by atoms with van der Waals surface area (Å²) >= 11 is 0. The van der Waals surface area contributed by atoms with E-state index < -0.39 is 0 Å². The molecular weight excluding hydrogens is 182 g/mol. The number of hydrogen-bond acceptors (Lipinski definition) is 3. The van der Waals surface area contributed by atoms with Crippen LogP contribution in [0.25, 0.3) is 0 Å². The Balaban J connectivity index is 2.45. The van der Waals surface area contributed by atoms with E-state index in [9.17, 15) is 4.79 Å². The second-order valence-corrected chi connectivity index (χ2v) is 3.71. The summed E-state index contributed by atoms with van der Waals surface area (Å²) in [5.74, 6) is 5.76. The number of carbonyl (C=O) groups excluding carboxylic acids is 1. The fraction of sp³-hybridized carbons (Fsp3) is 0.889. The molecule has 1 rings (SSSR count). The zero-order valence-corrected chi connectivity index (χ0v) is 8.82. The number of amides is 2. The zero-order chi connectivity index (χ0) is 10.6. The first kappa shape index (κ1) is 11.3. The average molecular weight is 201 g/mol. The lowest BCUT2D eigenvalue weighted by atomic mass is 10.2. The summed E-state index contributed by atoms with van der Waals surface area (Å²) in [6.45, 7) is 3.20. The molecule has 14 heavy (non-hydrogen) atoms. The molecule has 0 aromatic rings. The number of rotatable bonds is 5. The Labute approximate surface area is 84.5 Å². The lowest BCUT2D eigenvalue weighted by molar-refractivity contribution is 0.127. The third-order valence-corrected chi connectivity index (χ3v) is 2.72. The number of urea groups is 1. The quantitative estimate of drug-likeness (QED) is 0.382. The Kier molecular flexibility index (Phi) is 4.16. The van der Waals surface area contributed by atoms with Crippen molar-refractivity contribution in [2.75, 3.05) is 20.3 Å². The van der Waals surface area contributed by atoms with Gasteiger partial charge in [0, 0.05) is 19.7 Å². The van der Waals surface area contributed by atoms with Crippen molar-refractivity contribution in [1.82, 2.24) is 10.3 Å². The molecule has 0 aromatic carbocycles. The van der Waals surface area contributed by atoms with Gasteiger partial charge in [0.2, 0.25) is 0 Å². The molecular formula is C9H19N3O2. The maximum atomic E-state index is 11.4. The van der Waals surface area contributed by atoms with Crippen molar-refractivity contribution in [2.24, 2.45) is 11.8 Å². The molecule has 1 aliphatic rings. The third-order valence-electron chi connectivity index (χ3n) is 2.72. The lowest BCUT2D eigenvalue weighted by Gasteiger charge is -2.28. The van der Waals surface area contributed by atoms with Gasteiger partial charge in [0.1, 0.15) is 0 Å². The SMILES string of the molecule is COCCN(C(=O)NN)C(C)C1CC1. The van der Waals surface area contributed by atoms with Crippen LogP contribution in [0.4, 0.5) is 4.79 Å². The van der Waals surface area contributed by atoms with Crippen LogP contribution in [0.15, 0.2) is 0 Å². The Morgan fingerprint density at radius 3 is 2.79 bits per heavy atom. The highest BCUT2D eigenvalue weighted by molar-refractivity contribution is 5.73. The molecule has 0 saturated heterocycles. The molecule has 82 valence electrons. The summed E-state index contributed by atoms with van der Waals surface area (Å²) in [5, 5.41) is 0. The zero-order valence-electron chi connectivity index (χ0n) is 8.82. The number of carbonyl (C=O) groups is 1. The molecule has 1 unspecified atom stereocenters. The number of ether oxygens (including phenoxy) is 1. The van der Waals surface area contributed by atoms with Gasteiger partial charge in [0.05, 0.1) is 6.61 Å². The van der Waals surface area contributed by atoms with Crippen LogP contribution in [0.5, 0.6) is 0 Å². The number of nitrogens with one attached hydrogen (secondary N) is 1. The topological polar surface area (TPSA) is 67.6 Å². The van der Waals surface area contributed by atoms with Gasteiger partial charge < -0.3 is 9.64 Å². The Bertz CT molecular complexity index is 194. The van der Waals surface area contributed by atoms with Crippen LogP contribution in [0.2, 0.25) is 0 Å². The van der Waals surface area contributed by atoms with Crippen LogP contribution < -0.4 is 11.3 Å². The van der Waals surface area contributed by atoms with Gasteiger partial charge in [-0.2, -0.15) is 0 Å². The fourth-order valence-electron chi connectivity index (χ4n) is 1.60. The van der Waals surface area contributed by atoms with Gasteiger partial charge >= 0.3 is 6.03 Å². The van der Waals surface area contributed by atoms with Crippen molar-refractivity contribution in [1.29, 1.82) is 0 Å². The smallest absolute Gasteiger partial charge is 0.331 e. The molecule has 1 saturated carbocycles. The van der Waals surface area contributed by atoms with E-state index >= 15 is 0 Å². The van der Waals surface area contributed by atoms with Crippen LogP contribution in [-0.4, -0.2) is 37.2 Å². The number of methoxy groups -OCH3 is 1. The number of nitrogens with two attached hydrogens (primary N) is 1. The van der Waals surface area contributed by atoms with Gasteiger partial charge in [-0.1, -0.05) is 0 Å². The van der Waals surface area contributed by atoms with E-state index in [1.54, 1.807) is 12.0 Å². The third kappa shape index (κ3) is 2.85. The van der Waals surface area contributed by atoms with Crippen LogP contribution in [0.3, 0.4) is 0 Å². The first-order chi connectivity index (χ1) is 6.70. The van der Waals surface area contributed by atoms with E-state index in [2.05, 4.69) is 12.3 Å². The van der Waals surface area contributed by atoms with E-state index in [1.807, 2.05) is 0 Å². The monoisotopic (exact) mass is 201 g/mol. The Hall–Kier alpha value is -0.810. The molecule has 1 fully saturated rings. The number of hydrazine groups is 1. The van der Waals surface area contributed by atoms with Crippen molar-refractivity contribution < 1.29 is 9.53 Å². The summed E-state index contributed by atoms with van der Waals surface area (Å²) in [7, 11) is 1.63. The highest BCUT2D eigenvalue weighted by Crippen LogP contribution is 2.34. The van der Waals surface area contributed by atoms with E-state index in [0.717, 1.165) is 0 Å². The number of hydrogen-bond donors (Lipinski definition) is 2. The molecule has 5 nitrogen and oxygen atoms in total. The van der Waals surface area contributed by atoms with Crippen molar-refractivity contribution in [3.63, 3.8) is 0 Å². The maximum Gasteiger partial charge on any atom is 0.331 e. The summed E-state index contributed by atoms with van der Waals surface area (Å²) in [6.07, 6.45) is 2.42. The van der Waals surface area contributed by atoms with Crippen molar-refractivity contribution in [3.05, 3.63) is 0 Å². The van der Waals surface area contributed by atoms with E-state index in [-0.39, 0.29) is 12.1 Å². The minimum atomic E-state index is -0.221. The normalized spacial score (nSPS) is 17.6. The summed E-state index contributed by atoms with van der Waals surface area (Å²) in [4.78, 5) is 13.2. The Morgan fingerprint density at radius 2 is 2.36 bits per heavy atom. The van der Waals surface area contributed by atoms with Gasteiger partial charge in [-0.05, 0) is 25.7 Å². The Morgan fingerprint density at radius 1 is 1.71 bits per heavy atom. The highest BCUT2D eigenvalue weighted by atomic mass is 16.5. The van der Waals surface area contributed by atoms with E-state index in [0.29, 0.717) is 19.1 Å². The van der Waals surface area contributed by atoms with Crippen molar-refractivity contribution in [3.8, 4) is 0 Å². The second kappa shape index (κ2) is 5.17. The standard InChI is InChI=1S/C9H19N3O2/c1-7(8-3-4-8)12(5-6-14-2)9(13)11-10/h7-8H,3-6,10H2,1-2H3,(H,11,13). The van der Waals surface area contributed by atoms with Gasteiger partial charge in [0.15, 0.2) is 0 Å². The van der Waals surface area contributed by atoms with Crippen LogP contribution >= 0.6 is 0 Å². The molecule has 0 heterocycles. The minimum Gasteiger partial charge on any atom is -0.383 e. The first-order valence-electron chi connectivity index (χ1n) is 4.96. The molecule has 1 atom stereocenters. The van der Waals surface area contributed by atoms with Gasteiger partial charge in [-0.25, -0.2) is 10.6 Å². The molecule has 5 heteroatoms. The summed E-state index contributed by atoms with van der Waals surface area (Å²) in [6, 6.07) is 0.0372. The molecule has 0 aliphatic heterocycles. The highest BCUT2D eigenvalue weighted by Gasteiger charge is 2.33. The van der Waals surface area contributed by atoms with Gasteiger partial charge in [-0.15, -0.1) is 0 Å². The fourth-order valence-corrected chi connectivity index (χ4v) is 1.60. The predicted molar refractivity (Wildman–Crippen MR) is 53.5 cm³/mol. The average Bonchev–Trinajstić information content (AvgIpc) is 3.00. The van der Waals surface area contributed by atoms with Crippen molar-refractivity contribution in [2.45, 2.75) is 25.8 Å². The van der Waals surface area contributed by atoms with E-state index in [4.69, 9.17) is 10.6 Å². The molecule has 2 amide bonds. The van der Waals surface area contributed by atoms with Gasteiger partial charge in [0.25, 0.3) is 0 Å². The summed E-state index contributed by atoms with van der Waals surface area (Å²) in [5.41, 5.74) is 2.17. The first-order valence-corrected chi connectivity index (χ1v) is 4.96. The van der Waals surface area contributed by atoms with Crippen LogP contribution in [0, 0.1) is 5.92 Å². The van der Waals surface area contributed by atoms with Crippen molar-refractivity contribution >= 4 is 6.03 Å². The molecule has 3 N–H and O–H groups in total. The minimum absolute atomic E-state index is 0.221. The largest absolute Gasteiger partial charge is 0.383 e. The molecule has 1 aliphatic carbocycles. The summed E-state index contributed by atoms with van der Waals surface area (Å²) < 4.78 is 4.95.